The maximum atomic E-state index is 14.2. The number of aromatic carboxylic acids is 1. The van der Waals surface area contributed by atoms with Crippen LogP contribution in [0.25, 0.3) is 0 Å². The summed E-state index contributed by atoms with van der Waals surface area (Å²) >= 11 is 3.46. The normalized spacial score (nSPS) is 12.6. The predicted molar refractivity (Wildman–Crippen MR) is 180 cm³/mol. The Morgan fingerprint density at radius 3 is 2.24 bits per heavy atom. The Balaban J connectivity index is 0.00000461. The summed E-state index contributed by atoms with van der Waals surface area (Å²) in [4.78, 5) is 28.2. The number of nitrogens with zero attached hydrogens (tertiary/aromatic N) is 2. The molecule has 1 saturated heterocycles. The quantitative estimate of drug-likeness (QED) is 0.161. The molecule has 1 fully saturated rings. The highest BCUT2D eigenvalue weighted by atomic mass is 79.9. The number of halogens is 3. The maximum Gasteiger partial charge on any atom is 0.339 e. The predicted octanol–water partition coefficient (Wildman–Crippen LogP) is 8.41. The minimum Gasteiger partial charge on any atom is -0.496 e. The Bertz CT molecular complexity index is 1650. The Labute approximate surface area is 276 Å². The molecule has 0 atom stereocenters. The molecule has 4 aromatic rings. The molecule has 5 rings (SSSR count). The number of benzene rings is 4. The van der Waals surface area contributed by atoms with Crippen LogP contribution in [0.4, 0.5) is 21.5 Å². The van der Waals surface area contributed by atoms with Gasteiger partial charge in [0.2, 0.25) is 5.91 Å². The third-order valence-corrected chi connectivity index (χ3v) is 8.21. The van der Waals surface area contributed by atoms with Gasteiger partial charge in [-0.2, -0.15) is 0 Å². The smallest absolute Gasteiger partial charge is 0.339 e. The van der Waals surface area contributed by atoms with Gasteiger partial charge in [-0.05, 0) is 104 Å². The fourth-order valence-corrected chi connectivity index (χ4v) is 5.73. The number of hydrazine groups is 1. The van der Waals surface area contributed by atoms with Gasteiger partial charge in [0.15, 0.2) is 0 Å². The molecule has 236 valence electrons. The summed E-state index contributed by atoms with van der Waals surface area (Å²) in [5.41, 5.74) is 7.18. The van der Waals surface area contributed by atoms with Crippen LogP contribution in [-0.4, -0.2) is 37.2 Å². The minimum absolute atomic E-state index is 0. The van der Waals surface area contributed by atoms with Crippen molar-refractivity contribution in [2.45, 2.75) is 32.6 Å². The number of rotatable bonds is 10. The number of methoxy groups -OCH3 is 1. The largest absolute Gasteiger partial charge is 0.496 e. The zero-order chi connectivity index (χ0) is 31.2. The van der Waals surface area contributed by atoms with Gasteiger partial charge in [0, 0.05) is 17.6 Å². The van der Waals surface area contributed by atoms with E-state index >= 15 is 0 Å². The third kappa shape index (κ3) is 8.06. The topological polar surface area (TPSA) is 91.3 Å². The monoisotopic (exact) mass is 697 g/mol. The Hall–Kier alpha value is -4.28. The van der Waals surface area contributed by atoms with Gasteiger partial charge >= 0.3 is 5.97 Å². The summed E-state index contributed by atoms with van der Waals surface area (Å²) < 4.78 is 25.0. The molecule has 2 N–H and O–H groups in total. The number of carbonyl (C=O) groups is 2. The summed E-state index contributed by atoms with van der Waals surface area (Å²) in [5.74, 6) is -0.490. The van der Waals surface area contributed by atoms with E-state index in [4.69, 9.17) is 9.47 Å². The first kappa shape index (κ1) is 33.6. The van der Waals surface area contributed by atoms with E-state index in [1.54, 1.807) is 47.5 Å². The average molecular weight is 699 g/mol. The molecule has 8 nitrogen and oxygen atoms in total. The van der Waals surface area contributed by atoms with Crippen molar-refractivity contribution < 1.29 is 28.6 Å². The van der Waals surface area contributed by atoms with Gasteiger partial charge in [-0.1, -0.05) is 28.1 Å². The van der Waals surface area contributed by atoms with E-state index < -0.39 is 5.97 Å². The molecule has 0 unspecified atom stereocenters. The number of carboxylic acid groups (broad SMARTS) is 1. The number of para-hydroxylation sites is 1. The van der Waals surface area contributed by atoms with Crippen LogP contribution in [-0.2, 0) is 11.2 Å². The van der Waals surface area contributed by atoms with Gasteiger partial charge in [0.1, 0.15) is 28.6 Å². The molecule has 0 spiro atoms. The fraction of sp³-hybridized carbons (Fsp3) is 0.235. The first-order chi connectivity index (χ1) is 21.2. The molecule has 1 heterocycles. The molecule has 1 amide bonds. The van der Waals surface area contributed by atoms with Crippen LogP contribution in [0.2, 0.25) is 0 Å². The van der Waals surface area contributed by atoms with Crippen molar-refractivity contribution in [3.8, 4) is 17.2 Å². The number of carboxylic acids is 1. The van der Waals surface area contributed by atoms with E-state index in [0.717, 1.165) is 42.9 Å². The highest BCUT2D eigenvalue weighted by molar-refractivity contribution is 9.10. The summed E-state index contributed by atoms with van der Waals surface area (Å²) in [6.07, 6.45) is 3.29. The number of aryl methyl sites for hydroxylation is 1. The van der Waals surface area contributed by atoms with Crippen LogP contribution >= 0.6 is 28.3 Å². The lowest BCUT2D eigenvalue weighted by Crippen LogP contribution is -2.40. The number of carbonyl (C=O) groups excluding carboxylic acids is 1. The number of ether oxygens (including phenoxy) is 2. The first-order valence-electron chi connectivity index (χ1n) is 14.3. The van der Waals surface area contributed by atoms with Gasteiger partial charge in [-0.15, -0.1) is 12.4 Å². The minimum atomic E-state index is -1.12. The van der Waals surface area contributed by atoms with Crippen molar-refractivity contribution in [1.29, 1.82) is 0 Å². The molecular weight excluding hydrogens is 665 g/mol. The number of amides is 1. The average Bonchev–Trinajstić information content (AvgIpc) is 3.03. The lowest BCUT2D eigenvalue weighted by atomic mass is 10.0. The maximum absolute atomic E-state index is 14.2. The van der Waals surface area contributed by atoms with Crippen LogP contribution in [0.1, 0.15) is 40.7 Å². The number of piperidine rings is 1. The van der Waals surface area contributed by atoms with Crippen molar-refractivity contribution in [2.24, 2.45) is 0 Å². The van der Waals surface area contributed by atoms with E-state index in [9.17, 15) is 19.1 Å². The van der Waals surface area contributed by atoms with Gasteiger partial charge in [0.05, 0.1) is 30.6 Å². The van der Waals surface area contributed by atoms with E-state index in [-0.39, 0.29) is 41.9 Å². The van der Waals surface area contributed by atoms with Crippen LogP contribution in [0, 0.1) is 12.7 Å². The van der Waals surface area contributed by atoms with E-state index in [1.807, 2.05) is 25.1 Å². The lowest BCUT2D eigenvalue weighted by Gasteiger charge is -2.35. The van der Waals surface area contributed by atoms with Crippen LogP contribution in [0.5, 0.6) is 17.2 Å². The van der Waals surface area contributed by atoms with Crippen molar-refractivity contribution >= 4 is 57.3 Å². The first-order valence-corrected chi connectivity index (χ1v) is 15.1. The van der Waals surface area contributed by atoms with Crippen LogP contribution in [0.3, 0.4) is 0 Å². The summed E-state index contributed by atoms with van der Waals surface area (Å²) in [6.45, 7) is 3.77. The molecule has 1 aliphatic heterocycles. The third-order valence-electron chi connectivity index (χ3n) is 7.47. The highest BCUT2D eigenvalue weighted by Crippen LogP contribution is 2.36. The van der Waals surface area contributed by atoms with Gasteiger partial charge < -0.3 is 19.5 Å². The van der Waals surface area contributed by atoms with Crippen molar-refractivity contribution in [2.75, 3.05) is 35.5 Å². The Kier molecular flexibility index (Phi) is 11.3. The Morgan fingerprint density at radius 1 is 0.978 bits per heavy atom. The van der Waals surface area contributed by atoms with Crippen molar-refractivity contribution in [1.82, 2.24) is 0 Å². The van der Waals surface area contributed by atoms with Gasteiger partial charge in [0.25, 0.3) is 0 Å². The molecular formula is C34H34BrClFN3O5. The van der Waals surface area contributed by atoms with Crippen molar-refractivity contribution in [3.05, 3.63) is 106 Å². The van der Waals surface area contributed by atoms with Gasteiger partial charge in [-0.3, -0.25) is 10.2 Å². The number of hydrogen-bond acceptors (Lipinski definition) is 6. The molecule has 0 aromatic heterocycles. The molecule has 0 aliphatic carbocycles. The fourth-order valence-electron chi connectivity index (χ4n) is 5.24. The zero-order valence-corrected chi connectivity index (χ0v) is 27.3. The molecule has 0 saturated carbocycles. The second kappa shape index (κ2) is 15.1. The lowest BCUT2D eigenvalue weighted by molar-refractivity contribution is -0.117. The highest BCUT2D eigenvalue weighted by Gasteiger charge is 2.26. The van der Waals surface area contributed by atoms with Crippen molar-refractivity contribution in [3.63, 3.8) is 0 Å². The number of hydrogen-bond donors (Lipinski definition) is 2. The SMILES string of the molecule is COc1cc(CC(=O)N(Nc2ccc(Oc3ccc(F)cc3)cc2)c2c(C)cccc2N2CCCCC2)c(Br)cc1C(=O)O.Cl. The zero-order valence-electron chi connectivity index (χ0n) is 24.9. The second-order valence-electron chi connectivity index (χ2n) is 10.5. The van der Waals surface area contributed by atoms with E-state index in [1.165, 1.54) is 31.7 Å². The summed E-state index contributed by atoms with van der Waals surface area (Å²) in [5, 5.41) is 11.1. The molecule has 0 radical (unpaired) electrons. The van der Waals surface area contributed by atoms with Crippen LogP contribution < -0.4 is 24.8 Å². The van der Waals surface area contributed by atoms with E-state index in [2.05, 4.69) is 26.3 Å². The molecule has 0 bridgehead atoms. The number of nitrogens with one attached hydrogen (secondary N) is 1. The molecule has 11 heteroatoms. The molecule has 4 aromatic carbocycles. The summed E-state index contributed by atoms with van der Waals surface area (Å²) in [7, 11) is 1.40. The summed E-state index contributed by atoms with van der Waals surface area (Å²) in [6, 6.07) is 22.0. The number of anilines is 3. The Morgan fingerprint density at radius 2 is 1.62 bits per heavy atom. The molecule has 1 aliphatic rings. The second-order valence-corrected chi connectivity index (χ2v) is 11.4. The van der Waals surface area contributed by atoms with Gasteiger partial charge in [-0.25, -0.2) is 14.2 Å². The van der Waals surface area contributed by atoms with Crippen LogP contribution in [0.15, 0.2) is 83.3 Å². The van der Waals surface area contributed by atoms with E-state index in [0.29, 0.717) is 27.2 Å². The standard InChI is InChI=1S/C34H33BrFN3O5.ClH/c1-22-7-6-8-30(38-17-4-3-5-18-38)33(22)39(32(40)20-23-19-31(43-2)28(34(41)42)21-29(23)35)37-25-11-15-27(16-12-25)44-26-13-9-24(36)10-14-26;/h6-16,19,21,37H,3-5,17-18,20H2,1-2H3,(H,41,42);1H. The molecule has 45 heavy (non-hydrogen) atoms.